The second kappa shape index (κ2) is 5.80. The van der Waals surface area contributed by atoms with E-state index >= 15 is 0 Å². The fraction of sp³-hybridized carbons (Fsp3) is 0.333. The fourth-order valence-corrected chi connectivity index (χ4v) is 2.16. The summed E-state index contributed by atoms with van der Waals surface area (Å²) in [7, 11) is 1.68. The maximum Gasteiger partial charge on any atom is 0.123 e. The van der Waals surface area contributed by atoms with Gasteiger partial charge in [0.15, 0.2) is 0 Å². The first kappa shape index (κ1) is 13.5. The highest BCUT2D eigenvalue weighted by atomic mass is 16.5. The van der Waals surface area contributed by atoms with Crippen LogP contribution in [0.25, 0.3) is 0 Å². The minimum atomic E-state index is 0.00273. The second-order valence-corrected chi connectivity index (χ2v) is 4.60. The van der Waals surface area contributed by atoms with Crippen LogP contribution in [0.4, 0.5) is 0 Å². The predicted molar refractivity (Wildman–Crippen MR) is 75.4 cm³/mol. The Morgan fingerprint density at radius 1 is 1.21 bits per heavy atom. The van der Waals surface area contributed by atoms with Gasteiger partial charge in [-0.2, -0.15) is 0 Å². The maximum atomic E-state index is 5.93. The molecule has 4 heteroatoms. The highest BCUT2D eigenvalue weighted by Gasteiger charge is 2.19. The lowest BCUT2D eigenvalue weighted by Gasteiger charge is -2.19. The lowest BCUT2D eigenvalue weighted by atomic mass is 9.92. The number of hydrogen-bond acceptors (Lipinski definition) is 4. The van der Waals surface area contributed by atoms with Gasteiger partial charge in [-0.15, -0.1) is 0 Å². The van der Waals surface area contributed by atoms with E-state index in [0.717, 1.165) is 17.0 Å². The Labute approximate surface area is 113 Å². The van der Waals surface area contributed by atoms with Crippen LogP contribution in [-0.2, 0) is 0 Å². The van der Waals surface area contributed by atoms with Crippen molar-refractivity contribution in [2.45, 2.75) is 19.8 Å². The van der Waals surface area contributed by atoms with Crippen LogP contribution < -0.4 is 10.5 Å². The van der Waals surface area contributed by atoms with E-state index in [2.05, 4.69) is 29.9 Å². The van der Waals surface area contributed by atoms with Crippen LogP contribution >= 0.6 is 0 Å². The normalized spacial score (nSPS) is 12.2. The summed E-state index contributed by atoms with van der Waals surface area (Å²) in [6.07, 6.45) is 5.10. The maximum absolute atomic E-state index is 5.93. The summed E-state index contributed by atoms with van der Waals surface area (Å²) in [5.41, 5.74) is 10.3. The monoisotopic (exact) mass is 257 g/mol. The third-order valence-electron chi connectivity index (χ3n) is 3.40. The minimum absolute atomic E-state index is 0.00273. The highest BCUT2D eigenvalue weighted by Crippen LogP contribution is 2.32. The number of hydrogen-bond donors (Lipinski definition) is 1. The Kier molecular flexibility index (Phi) is 4.12. The number of aromatic nitrogens is 2. The van der Waals surface area contributed by atoms with Crippen LogP contribution in [0.2, 0.25) is 0 Å². The number of nitrogens with zero attached hydrogens (tertiary/aromatic N) is 2. The van der Waals surface area contributed by atoms with Crippen LogP contribution in [-0.4, -0.2) is 23.6 Å². The topological polar surface area (TPSA) is 61.0 Å². The van der Waals surface area contributed by atoms with E-state index in [-0.39, 0.29) is 5.92 Å². The van der Waals surface area contributed by atoms with Crippen molar-refractivity contribution in [3.63, 3.8) is 0 Å². The molecule has 0 radical (unpaired) electrons. The molecule has 1 heterocycles. The second-order valence-electron chi connectivity index (χ2n) is 4.60. The van der Waals surface area contributed by atoms with Crippen molar-refractivity contribution < 1.29 is 4.74 Å². The minimum Gasteiger partial charge on any atom is -0.496 e. The Morgan fingerprint density at radius 2 is 1.95 bits per heavy atom. The van der Waals surface area contributed by atoms with Gasteiger partial charge in [-0.25, -0.2) is 0 Å². The van der Waals surface area contributed by atoms with Gasteiger partial charge in [0.25, 0.3) is 0 Å². The number of aryl methyl sites for hydroxylation is 2. The van der Waals surface area contributed by atoms with Crippen molar-refractivity contribution >= 4 is 0 Å². The average molecular weight is 257 g/mol. The molecule has 4 nitrogen and oxygen atoms in total. The molecule has 2 N–H and O–H groups in total. The van der Waals surface area contributed by atoms with Crippen molar-refractivity contribution in [3.8, 4) is 5.75 Å². The summed E-state index contributed by atoms with van der Waals surface area (Å²) in [5, 5.41) is 0. The fourth-order valence-electron chi connectivity index (χ4n) is 2.16. The molecule has 0 bridgehead atoms. The highest BCUT2D eigenvalue weighted by molar-refractivity contribution is 5.46. The molecule has 0 fully saturated rings. The molecule has 2 aromatic rings. The van der Waals surface area contributed by atoms with E-state index in [9.17, 15) is 0 Å². The molecule has 1 aromatic carbocycles. The summed E-state index contributed by atoms with van der Waals surface area (Å²) in [5.74, 6) is 0.854. The molecular weight excluding hydrogens is 238 g/mol. The number of ether oxygens (including phenoxy) is 1. The van der Waals surface area contributed by atoms with Crippen LogP contribution in [0.15, 0.2) is 30.7 Å². The quantitative estimate of drug-likeness (QED) is 0.912. The molecule has 0 aliphatic rings. The summed E-state index contributed by atoms with van der Waals surface area (Å²) in [6, 6.07) is 4.17. The zero-order valence-corrected chi connectivity index (χ0v) is 11.6. The molecular formula is C15H19N3O. The van der Waals surface area contributed by atoms with Crippen LogP contribution in [0.3, 0.4) is 0 Å². The van der Waals surface area contributed by atoms with Gasteiger partial charge in [0.2, 0.25) is 0 Å². The summed E-state index contributed by atoms with van der Waals surface area (Å²) in [6.45, 7) is 4.63. The molecule has 19 heavy (non-hydrogen) atoms. The van der Waals surface area contributed by atoms with Gasteiger partial charge >= 0.3 is 0 Å². The predicted octanol–water partition coefficient (Wildman–Crippen LogP) is 2.19. The zero-order chi connectivity index (χ0) is 13.8. The van der Waals surface area contributed by atoms with Crippen molar-refractivity contribution in [2.75, 3.05) is 13.7 Å². The Hall–Kier alpha value is -1.94. The third kappa shape index (κ3) is 2.74. The van der Waals surface area contributed by atoms with E-state index in [1.54, 1.807) is 25.7 Å². The van der Waals surface area contributed by atoms with Crippen molar-refractivity contribution in [3.05, 3.63) is 53.1 Å². The molecule has 0 saturated carbocycles. The van der Waals surface area contributed by atoms with Gasteiger partial charge in [-0.3, -0.25) is 9.97 Å². The SMILES string of the molecule is COc1cc(C)c(C)cc1C(CN)c1cnccn1. The van der Waals surface area contributed by atoms with E-state index in [1.165, 1.54) is 11.1 Å². The molecule has 0 spiro atoms. The number of methoxy groups -OCH3 is 1. The first-order valence-electron chi connectivity index (χ1n) is 6.28. The molecule has 0 aliphatic carbocycles. The number of rotatable bonds is 4. The molecule has 0 aliphatic heterocycles. The summed E-state index contributed by atoms with van der Waals surface area (Å²) >= 11 is 0. The Balaban J connectivity index is 2.52. The zero-order valence-electron chi connectivity index (χ0n) is 11.6. The van der Waals surface area contributed by atoms with E-state index < -0.39 is 0 Å². The average Bonchev–Trinajstić information content (AvgIpc) is 2.44. The van der Waals surface area contributed by atoms with Gasteiger partial charge in [0.05, 0.1) is 12.8 Å². The molecule has 0 amide bonds. The van der Waals surface area contributed by atoms with Gasteiger partial charge in [0.1, 0.15) is 5.75 Å². The van der Waals surface area contributed by atoms with Gasteiger partial charge in [-0.05, 0) is 31.0 Å². The van der Waals surface area contributed by atoms with Crippen LogP contribution in [0.5, 0.6) is 5.75 Å². The lowest BCUT2D eigenvalue weighted by Crippen LogP contribution is -2.16. The molecule has 100 valence electrons. The first-order valence-corrected chi connectivity index (χ1v) is 6.28. The van der Waals surface area contributed by atoms with Gasteiger partial charge < -0.3 is 10.5 Å². The first-order chi connectivity index (χ1) is 9.17. The van der Waals surface area contributed by atoms with Crippen molar-refractivity contribution in [1.29, 1.82) is 0 Å². The largest absolute Gasteiger partial charge is 0.496 e. The lowest BCUT2D eigenvalue weighted by molar-refractivity contribution is 0.407. The molecule has 1 unspecified atom stereocenters. The van der Waals surface area contributed by atoms with E-state index in [4.69, 9.17) is 10.5 Å². The Bertz CT molecular complexity index is 555. The number of nitrogens with two attached hydrogens (primary N) is 1. The number of benzene rings is 1. The molecule has 2 rings (SSSR count). The molecule has 1 aromatic heterocycles. The van der Waals surface area contributed by atoms with Crippen LogP contribution in [0, 0.1) is 13.8 Å². The summed E-state index contributed by atoms with van der Waals surface area (Å²) in [4.78, 5) is 8.47. The van der Waals surface area contributed by atoms with Gasteiger partial charge in [-0.1, -0.05) is 6.07 Å². The van der Waals surface area contributed by atoms with Crippen LogP contribution in [0.1, 0.15) is 28.3 Å². The van der Waals surface area contributed by atoms with Crippen molar-refractivity contribution in [2.24, 2.45) is 5.73 Å². The molecule has 1 atom stereocenters. The third-order valence-corrected chi connectivity index (χ3v) is 3.40. The van der Waals surface area contributed by atoms with E-state index in [0.29, 0.717) is 6.54 Å². The Morgan fingerprint density at radius 3 is 2.53 bits per heavy atom. The standard InChI is InChI=1S/C15H19N3O/c1-10-6-12(15(19-3)7-11(10)2)13(8-16)14-9-17-4-5-18-14/h4-7,9,13H,8,16H2,1-3H3. The van der Waals surface area contributed by atoms with Gasteiger partial charge in [0, 0.05) is 36.6 Å². The summed E-state index contributed by atoms with van der Waals surface area (Å²) < 4.78 is 5.48. The van der Waals surface area contributed by atoms with E-state index in [1.807, 2.05) is 6.07 Å². The van der Waals surface area contributed by atoms with Crippen molar-refractivity contribution in [1.82, 2.24) is 9.97 Å². The smallest absolute Gasteiger partial charge is 0.123 e. The molecule has 0 saturated heterocycles.